The van der Waals surface area contributed by atoms with Gasteiger partial charge in [-0.25, -0.2) is 0 Å². The van der Waals surface area contributed by atoms with E-state index in [1.54, 1.807) is 19.2 Å². The van der Waals surface area contributed by atoms with Crippen molar-refractivity contribution in [2.45, 2.75) is 44.0 Å². The molecule has 1 aliphatic rings. The number of aliphatic imine (C=N–C) groups is 1. The van der Waals surface area contributed by atoms with E-state index in [1.807, 2.05) is 0 Å². The molecule has 2 rings (SSSR count). The molecule has 1 aromatic heterocycles. The molecule has 1 aromatic rings. The van der Waals surface area contributed by atoms with Crippen LogP contribution in [0.25, 0.3) is 0 Å². The third-order valence-electron chi connectivity index (χ3n) is 4.09. The number of hydrogen-bond donors (Lipinski definition) is 3. The summed E-state index contributed by atoms with van der Waals surface area (Å²) < 4.78 is 39.2. The summed E-state index contributed by atoms with van der Waals surface area (Å²) in [5, 5.41) is 16.1. The number of rotatable bonds is 4. The van der Waals surface area contributed by atoms with Crippen LogP contribution in [0.1, 0.15) is 36.7 Å². The van der Waals surface area contributed by atoms with E-state index in [4.69, 9.17) is 11.6 Å². The summed E-state index contributed by atoms with van der Waals surface area (Å²) >= 11 is 7.12. The highest BCUT2D eigenvalue weighted by Crippen LogP contribution is 2.37. The second-order valence-corrected chi connectivity index (χ2v) is 7.60. The highest BCUT2D eigenvalue weighted by Gasteiger charge is 2.42. The van der Waals surface area contributed by atoms with Gasteiger partial charge in [-0.15, -0.1) is 11.3 Å². The summed E-state index contributed by atoms with van der Waals surface area (Å²) in [4.78, 5) is 4.74. The van der Waals surface area contributed by atoms with Gasteiger partial charge in [0.25, 0.3) is 0 Å². The number of alkyl halides is 3. The average Bonchev–Trinajstić information content (AvgIpc) is 2.97. The van der Waals surface area contributed by atoms with E-state index in [1.165, 1.54) is 11.3 Å². The van der Waals surface area contributed by atoms with Crippen LogP contribution in [0.5, 0.6) is 0 Å². The summed E-state index contributed by atoms with van der Waals surface area (Å²) in [7, 11) is 1.55. The van der Waals surface area contributed by atoms with Gasteiger partial charge in [0.2, 0.25) is 0 Å². The first-order valence-corrected chi connectivity index (χ1v) is 8.96. The van der Waals surface area contributed by atoms with Crippen LogP contribution in [0, 0.1) is 5.92 Å². The lowest BCUT2D eigenvalue weighted by molar-refractivity contribution is -0.183. The van der Waals surface area contributed by atoms with E-state index < -0.39 is 18.2 Å². The minimum absolute atomic E-state index is 0.0489. The van der Waals surface area contributed by atoms with Crippen molar-refractivity contribution in [3.05, 3.63) is 21.3 Å². The topological polar surface area (TPSA) is 56.7 Å². The first-order chi connectivity index (χ1) is 11.3. The molecule has 3 unspecified atom stereocenters. The van der Waals surface area contributed by atoms with Crippen molar-refractivity contribution < 1.29 is 18.3 Å². The van der Waals surface area contributed by atoms with Gasteiger partial charge in [0.15, 0.2) is 5.96 Å². The number of nitrogens with one attached hydrogen (secondary N) is 2. The standard InChI is InChI=1S/C15H21ClF3N3OS/c1-20-14(21-8-11(23)12-5-6-13(16)24-12)22-10-4-2-3-9(7-10)15(17,18)19/h5-6,9-11,23H,2-4,7-8H2,1H3,(H2,20,21,22). The molecule has 3 atom stereocenters. The van der Waals surface area contributed by atoms with Gasteiger partial charge < -0.3 is 15.7 Å². The van der Waals surface area contributed by atoms with Crippen LogP contribution in [0.2, 0.25) is 4.34 Å². The van der Waals surface area contributed by atoms with Crippen molar-refractivity contribution in [2.24, 2.45) is 10.9 Å². The molecule has 3 N–H and O–H groups in total. The Hall–Kier alpha value is -0.990. The molecule has 1 saturated carbocycles. The molecule has 24 heavy (non-hydrogen) atoms. The number of nitrogens with zero attached hydrogens (tertiary/aromatic N) is 1. The first-order valence-electron chi connectivity index (χ1n) is 7.76. The number of hydrogen-bond acceptors (Lipinski definition) is 3. The number of halogens is 4. The highest BCUT2D eigenvalue weighted by atomic mass is 35.5. The molecule has 1 fully saturated rings. The second-order valence-electron chi connectivity index (χ2n) is 5.86. The fourth-order valence-electron chi connectivity index (χ4n) is 2.81. The zero-order valence-electron chi connectivity index (χ0n) is 13.2. The molecule has 1 heterocycles. The summed E-state index contributed by atoms with van der Waals surface area (Å²) in [5.41, 5.74) is 0. The molecule has 0 amide bonds. The summed E-state index contributed by atoms with van der Waals surface area (Å²) in [6.07, 6.45) is -3.45. The van der Waals surface area contributed by atoms with E-state index in [2.05, 4.69) is 15.6 Å². The van der Waals surface area contributed by atoms with E-state index in [0.29, 0.717) is 23.1 Å². The van der Waals surface area contributed by atoms with Gasteiger partial charge in [-0.1, -0.05) is 18.0 Å². The van der Waals surface area contributed by atoms with E-state index >= 15 is 0 Å². The molecule has 0 spiro atoms. The molecular formula is C15H21ClF3N3OS. The summed E-state index contributed by atoms with van der Waals surface area (Å²) in [6, 6.07) is 3.17. The van der Waals surface area contributed by atoms with E-state index in [9.17, 15) is 18.3 Å². The van der Waals surface area contributed by atoms with Gasteiger partial charge >= 0.3 is 6.18 Å². The van der Waals surface area contributed by atoms with E-state index in [0.717, 1.165) is 4.88 Å². The quantitative estimate of drug-likeness (QED) is 0.548. The maximum Gasteiger partial charge on any atom is 0.391 e. The zero-order chi connectivity index (χ0) is 17.7. The zero-order valence-corrected chi connectivity index (χ0v) is 14.8. The lowest BCUT2D eigenvalue weighted by atomic mass is 9.85. The normalized spacial score (nSPS) is 23.8. The number of aliphatic hydroxyl groups excluding tert-OH is 1. The largest absolute Gasteiger partial charge is 0.391 e. The van der Waals surface area contributed by atoms with Gasteiger partial charge in [0.1, 0.15) is 6.10 Å². The van der Waals surface area contributed by atoms with Crippen LogP contribution in [-0.2, 0) is 0 Å². The second kappa shape index (κ2) is 8.40. The Kier molecular flexibility index (Phi) is 6.77. The monoisotopic (exact) mass is 383 g/mol. The Labute approximate surface area is 148 Å². The molecule has 0 aliphatic heterocycles. The van der Waals surface area contributed by atoms with Crippen molar-refractivity contribution in [3.63, 3.8) is 0 Å². The van der Waals surface area contributed by atoms with Crippen LogP contribution < -0.4 is 10.6 Å². The first kappa shape index (κ1) is 19.3. The Morgan fingerprint density at radius 1 is 1.46 bits per heavy atom. The van der Waals surface area contributed by atoms with Crippen molar-refractivity contribution in [1.29, 1.82) is 0 Å². The Morgan fingerprint density at radius 3 is 2.79 bits per heavy atom. The molecule has 0 bridgehead atoms. The maximum absolute atomic E-state index is 12.9. The van der Waals surface area contributed by atoms with Crippen molar-refractivity contribution >= 4 is 28.9 Å². The lowest BCUT2D eigenvalue weighted by Gasteiger charge is -2.32. The summed E-state index contributed by atoms with van der Waals surface area (Å²) in [6.45, 7) is 0.200. The Bertz CT molecular complexity index is 564. The average molecular weight is 384 g/mol. The lowest BCUT2D eigenvalue weighted by Crippen LogP contribution is -2.47. The van der Waals surface area contributed by atoms with Gasteiger partial charge in [-0.05, 0) is 31.4 Å². The minimum atomic E-state index is -4.15. The molecule has 0 radical (unpaired) electrons. The molecule has 1 aliphatic carbocycles. The van der Waals surface area contributed by atoms with Crippen molar-refractivity contribution in [3.8, 4) is 0 Å². The number of thiophene rings is 1. The molecule has 0 aromatic carbocycles. The highest BCUT2D eigenvalue weighted by molar-refractivity contribution is 7.16. The van der Waals surface area contributed by atoms with Crippen LogP contribution in [0.15, 0.2) is 17.1 Å². The predicted molar refractivity (Wildman–Crippen MR) is 90.6 cm³/mol. The van der Waals surface area contributed by atoms with Crippen LogP contribution in [-0.4, -0.2) is 36.9 Å². The van der Waals surface area contributed by atoms with Gasteiger partial charge in [-0.2, -0.15) is 13.2 Å². The van der Waals surface area contributed by atoms with Gasteiger partial charge in [0.05, 0.1) is 10.3 Å². The van der Waals surface area contributed by atoms with E-state index in [-0.39, 0.29) is 25.4 Å². The molecule has 4 nitrogen and oxygen atoms in total. The third-order valence-corrected chi connectivity index (χ3v) is 5.42. The van der Waals surface area contributed by atoms with Crippen LogP contribution >= 0.6 is 22.9 Å². The fraction of sp³-hybridized carbons (Fsp3) is 0.667. The fourth-order valence-corrected chi connectivity index (χ4v) is 3.85. The third kappa shape index (κ3) is 5.53. The van der Waals surface area contributed by atoms with Gasteiger partial charge in [-0.3, -0.25) is 4.99 Å². The Balaban J connectivity index is 1.84. The predicted octanol–water partition coefficient (Wildman–Crippen LogP) is 3.72. The Morgan fingerprint density at radius 2 is 2.21 bits per heavy atom. The number of aliphatic hydroxyl groups is 1. The van der Waals surface area contributed by atoms with Gasteiger partial charge in [0, 0.05) is 24.5 Å². The van der Waals surface area contributed by atoms with Crippen molar-refractivity contribution in [2.75, 3.05) is 13.6 Å². The van der Waals surface area contributed by atoms with Crippen molar-refractivity contribution in [1.82, 2.24) is 10.6 Å². The maximum atomic E-state index is 12.9. The number of guanidine groups is 1. The molecule has 0 saturated heterocycles. The summed E-state index contributed by atoms with van der Waals surface area (Å²) in [5.74, 6) is -0.870. The molecule has 136 valence electrons. The molecular weight excluding hydrogens is 363 g/mol. The SMILES string of the molecule is CN=C(NCC(O)c1ccc(Cl)s1)NC1CCCC(C(F)(F)F)C1. The van der Waals surface area contributed by atoms with Crippen LogP contribution in [0.3, 0.4) is 0 Å². The van der Waals surface area contributed by atoms with Crippen LogP contribution in [0.4, 0.5) is 13.2 Å². The minimum Gasteiger partial charge on any atom is -0.386 e. The smallest absolute Gasteiger partial charge is 0.386 e. The molecule has 9 heteroatoms.